The summed E-state index contributed by atoms with van der Waals surface area (Å²) in [5, 5.41) is 0.833. The molecule has 1 atom stereocenters. The van der Waals surface area contributed by atoms with E-state index < -0.39 is 0 Å². The highest BCUT2D eigenvalue weighted by molar-refractivity contribution is 6.31. The zero-order valence-electron chi connectivity index (χ0n) is 10.2. The third kappa shape index (κ3) is 3.12. The van der Waals surface area contributed by atoms with Crippen LogP contribution in [0.2, 0.25) is 5.02 Å². The molecule has 1 unspecified atom stereocenters. The molecular formula is C13H19ClN2O. The minimum atomic E-state index is 0.522. The number of anilines is 1. The lowest BCUT2D eigenvalue weighted by atomic mass is 9.98. The zero-order chi connectivity index (χ0) is 12.3. The van der Waals surface area contributed by atoms with Crippen molar-refractivity contribution >= 4 is 17.3 Å². The molecule has 0 aromatic heterocycles. The predicted molar refractivity (Wildman–Crippen MR) is 71.3 cm³/mol. The van der Waals surface area contributed by atoms with E-state index in [4.69, 9.17) is 22.3 Å². The van der Waals surface area contributed by atoms with Crippen molar-refractivity contribution in [3.63, 3.8) is 0 Å². The Morgan fingerprint density at radius 3 is 3.06 bits per heavy atom. The minimum absolute atomic E-state index is 0.522. The third-order valence-electron chi connectivity index (χ3n) is 3.37. The number of aryl methyl sites for hydroxylation is 1. The number of halogens is 1. The van der Waals surface area contributed by atoms with Gasteiger partial charge in [0.05, 0.1) is 6.61 Å². The molecule has 1 aromatic carbocycles. The van der Waals surface area contributed by atoms with Crippen molar-refractivity contribution in [2.45, 2.75) is 19.8 Å². The van der Waals surface area contributed by atoms with E-state index in [1.807, 2.05) is 13.0 Å². The van der Waals surface area contributed by atoms with E-state index >= 15 is 0 Å². The van der Waals surface area contributed by atoms with Gasteiger partial charge in [-0.05, 0) is 37.5 Å². The van der Waals surface area contributed by atoms with Crippen LogP contribution in [0.5, 0.6) is 0 Å². The standard InChI is InChI=1S/C13H19ClN2O/c1-10-4-5-12(7-13(10)14)16-6-2-3-11(8-16)9-17-15/h4-5,7,11H,2-3,6,8-9,15H2,1H3. The fourth-order valence-corrected chi connectivity index (χ4v) is 2.52. The van der Waals surface area contributed by atoms with Crippen molar-refractivity contribution in [2.24, 2.45) is 11.8 Å². The summed E-state index contributed by atoms with van der Waals surface area (Å²) in [6.07, 6.45) is 2.37. The highest BCUT2D eigenvalue weighted by Gasteiger charge is 2.20. The lowest BCUT2D eigenvalue weighted by molar-refractivity contribution is 0.0951. The fourth-order valence-electron chi connectivity index (χ4n) is 2.35. The van der Waals surface area contributed by atoms with Gasteiger partial charge in [0.1, 0.15) is 0 Å². The van der Waals surface area contributed by atoms with Crippen LogP contribution in [-0.4, -0.2) is 19.7 Å². The van der Waals surface area contributed by atoms with Crippen LogP contribution in [-0.2, 0) is 4.84 Å². The van der Waals surface area contributed by atoms with E-state index in [0.29, 0.717) is 12.5 Å². The van der Waals surface area contributed by atoms with Crippen LogP contribution in [0.3, 0.4) is 0 Å². The van der Waals surface area contributed by atoms with Crippen LogP contribution < -0.4 is 10.8 Å². The number of benzene rings is 1. The van der Waals surface area contributed by atoms with E-state index in [1.54, 1.807) is 0 Å². The van der Waals surface area contributed by atoms with Gasteiger partial charge in [0.15, 0.2) is 0 Å². The first-order valence-electron chi connectivity index (χ1n) is 6.03. The van der Waals surface area contributed by atoms with Crippen molar-refractivity contribution in [3.8, 4) is 0 Å². The maximum atomic E-state index is 6.16. The molecule has 3 nitrogen and oxygen atoms in total. The average molecular weight is 255 g/mol. The summed E-state index contributed by atoms with van der Waals surface area (Å²) < 4.78 is 0. The first kappa shape index (κ1) is 12.7. The largest absolute Gasteiger partial charge is 0.371 e. The van der Waals surface area contributed by atoms with Gasteiger partial charge < -0.3 is 9.74 Å². The second kappa shape index (κ2) is 5.71. The molecule has 1 aliphatic rings. The number of nitrogens with two attached hydrogens (primary N) is 1. The van der Waals surface area contributed by atoms with Gasteiger partial charge in [-0.25, -0.2) is 5.90 Å². The van der Waals surface area contributed by atoms with Gasteiger partial charge >= 0.3 is 0 Å². The first-order valence-corrected chi connectivity index (χ1v) is 6.41. The summed E-state index contributed by atoms with van der Waals surface area (Å²) in [5.74, 6) is 5.67. The average Bonchev–Trinajstić information content (AvgIpc) is 2.33. The second-order valence-electron chi connectivity index (χ2n) is 4.72. The van der Waals surface area contributed by atoms with Gasteiger partial charge in [0.25, 0.3) is 0 Å². The van der Waals surface area contributed by atoms with Crippen LogP contribution in [0.15, 0.2) is 18.2 Å². The number of rotatable bonds is 3. The summed E-state index contributed by atoms with van der Waals surface area (Å²) >= 11 is 6.16. The molecule has 94 valence electrons. The lowest BCUT2D eigenvalue weighted by Crippen LogP contribution is -2.37. The summed E-state index contributed by atoms with van der Waals surface area (Å²) in [7, 11) is 0. The molecule has 4 heteroatoms. The lowest BCUT2D eigenvalue weighted by Gasteiger charge is -2.34. The van der Waals surface area contributed by atoms with Crippen molar-refractivity contribution in [1.29, 1.82) is 0 Å². The van der Waals surface area contributed by atoms with E-state index in [1.165, 1.54) is 18.5 Å². The fraction of sp³-hybridized carbons (Fsp3) is 0.538. The molecule has 0 aliphatic carbocycles. The maximum Gasteiger partial charge on any atom is 0.0724 e. The van der Waals surface area contributed by atoms with Gasteiger partial charge in [0, 0.05) is 29.7 Å². The van der Waals surface area contributed by atoms with Crippen LogP contribution in [0.25, 0.3) is 0 Å². The first-order chi connectivity index (χ1) is 8.20. The molecule has 0 saturated carbocycles. The molecule has 2 rings (SSSR count). The van der Waals surface area contributed by atoms with Crippen LogP contribution in [0, 0.1) is 12.8 Å². The molecular weight excluding hydrogens is 236 g/mol. The molecule has 1 saturated heterocycles. The van der Waals surface area contributed by atoms with E-state index in [9.17, 15) is 0 Å². The summed E-state index contributed by atoms with van der Waals surface area (Å²) in [4.78, 5) is 7.12. The molecule has 1 aromatic rings. The summed E-state index contributed by atoms with van der Waals surface area (Å²) in [6, 6.07) is 6.25. The SMILES string of the molecule is Cc1ccc(N2CCCC(CON)C2)cc1Cl. The van der Waals surface area contributed by atoms with Crippen LogP contribution >= 0.6 is 11.6 Å². The van der Waals surface area contributed by atoms with E-state index in [0.717, 1.165) is 23.7 Å². The van der Waals surface area contributed by atoms with Gasteiger partial charge in [-0.1, -0.05) is 17.7 Å². The third-order valence-corrected chi connectivity index (χ3v) is 3.78. The Balaban J connectivity index is 2.08. The summed E-state index contributed by atoms with van der Waals surface area (Å²) in [5.41, 5.74) is 2.32. The normalized spacial score (nSPS) is 20.6. The molecule has 0 bridgehead atoms. The predicted octanol–water partition coefficient (Wildman–Crippen LogP) is 2.76. The topological polar surface area (TPSA) is 38.5 Å². The Bertz CT molecular complexity index is 382. The Morgan fingerprint density at radius 1 is 1.53 bits per heavy atom. The number of hydrogen-bond donors (Lipinski definition) is 1. The van der Waals surface area contributed by atoms with E-state index in [-0.39, 0.29) is 0 Å². The molecule has 2 N–H and O–H groups in total. The molecule has 0 radical (unpaired) electrons. The van der Waals surface area contributed by atoms with Crippen LogP contribution in [0.4, 0.5) is 5.69 Å². The molecule has 1 aliphatic heterocycles. The second-order valence-corrected chi connectivity index (χ2v) is 5.13. The maximum absolute atomic E-state index is 6.16. The molecule has 0 spiro atoms. The van der Waals surface area contributed by atoms with Crippen molar-refractivity contribution < 1.29 is 4.84 Å². The van der Waals surface area contributed by atoms with E-state index in [2.05, 4.69) is 17.0 Å². The van der Waals surface area contributed by atoms with Gasteiger partial charge in [0.2, 0.25) is 0 Å². The Kier molecular flexibility index (Phi) is 4.26. The Morgan fingerprint density at radius 2 is 2.35 bits per heavy atom. The smallest absolute Gasteiger partial charge is 0.0724 e. The quantitative estimate of drug-likeness (QED) is 0.843. The zero-order valence-corrected chi connectivity index (χ0v) is 10.9. The van der Waals surface area contributed by atoms with Crippen molar-refractivity contribution in [1.82, 2.24) is 0 Å². The molecule has 0 amide bonds. The molecule has 1 fully saturated rings. The number of hydrogen-bond acceptors (Lipinski definition) is 3. The minimum Gasteiger partial charge on any atom is -0.371 e. The van der Waals surface area contributed by atoms with Gasteiger partial charge in [-0.15, -0.1) is 0 Å². The van der Waals surface area contributed by atoms with Crippen molar-refractivity contribution in [3.05, 3.63) is 28.8 Å². The Hall–Kier alpha value is -0.770. The number of piperidine rings is 1. The van der Waals surface area contributed by atoms with Crippen LogP contribution in [0.1, 0.15) is 18.4 Å². The van der Waals surface area contributed by atoms with Crippen molar-refractivity contribution in [2.75, 3.05) is 24.6 Å². The Labute approximate surface area is 107 Å². The van der Waals surface area contributed by atoms with Gasteiger partial charge in [-0.3, -0.25) is 0 Å². The monoisotopic (exact) mass is 254 g/mol. The summed E-state index contributed by atoms with van der Waals surface area (Å²) in [6.45, 7) is 4.74. The number of nitrogens with zero attached hydrogens (tertiary/aromatic N) is 1. The van der Waals surface area contributed by atoms with Gasteiger partial charge in [-0.2, -0.15) is 0 Å². The highest BCUT2D eigenvalue weighted by Crippen LogP contribution is 2.27. The highest BCUT2D eigenvalue weighted by atomic mass is 35.5. The molecule has 17 heavy (non-hydrogen) atoms. The molecule has 1 heterocycles.